The van der Waals surface area contributed by atoms with Crippen LogP contribution >= 0.6 is 11.3 Å². The molecule has 4 nitrogen and oxygen atoms in total. The molecule has 2 aromatic heterocycles. The van der Waals surface area contributed by atoms with E-state index in [1.165, 1.54) is 29.7 Å². The Labute approximate surface area is 103 Å². The summed E-state index contributed by atoms with van der Waals surface area (Å²) in [5, 5.41) is 4.90. The molecule has 1 fully saturated rings. The summed E-state index contributed by atoms with van der Waals surface area (Å²) in [6.45, 7) is 0. The number of thiophene rings is 1. The van der Waals surface area contributed by atoms with E-state index in [0.717, 1.165) is 29.2 Å². The third kappa shape index (κ3) is 1.42. The maximum atomic E-state index is 6.08. The zero-order valence-corrected chi connectivity index (χ0v) is 10.2. The quantitative estimate of drug-likeness (QED) is 0.886. The molecule has 5 heteroatoms. The highest BCUT2D eigenvalue weighted by Crippen LogP contribution is 2.44. The predicted octanol–water partition coefficient (Wildman–Crippen LogP) is 2.75. The molecule has 0 amide bonds. The molecular formula is C12H13N3OS. The topological polar surface area (TPSA) is 64.9 Å². The van der Waals surface area contributed by atoms with E-state index >= 15 is 0 Å². The molecule has 0 saturated heterocycles. The SMILES string of the molecule is Nc1sc2c(c1-c1nc(C3CC3)no1)CCC2. The summed E-state index contributed by atoms with van der Waals surface area (Å²) in [5.74, 6) is 2.02. The second-order valence-corrected chi connectivity index (χ2v) is 5.97. The highest BCUT2D eigenvalue weighted by atomic mass is 32.1. The molecule has 2 aliphatic rings. The Morgan fingerprint density at radius 2 is 2.18 bits per heavy atom. The molecule has 17 heavy (non-hydrogen) atoms. The van der Waals surface area contributed by atoms with Gasteiger partial charge < -0.3 is 10.3 Å². The second kappa shape index (κ2) is 3.32. The first kappa shape index (κ1) is 9.65. The van der Waals surface area contributed by atoms with E-state index in [2.05, 4.69) is 10.1 Å². The van der Waals surface area contributed by atoms with Gasteiger partial charge in [-0.25, -0.2) is 0 Å². The summed E-state index contributed by atoms with van der Waals surface area (Å²) in [6, 6.07) is 0. The van der Waals surface area contributed by atoms with Crippen molar-refractivity contribution in [2.75, 3.05) is 5.73 Å². The number of hydrogen-bond donors (Lipinski definition) is 1. The number of rotatable bonds is 2. The number of nitrogens with zero attached hydrogens (tertiary/aromatic N) is 2. The Balaban J connectivity index is 1.82. The molecule has 2 aliphatic carbocycles. The van der Waals surface area contributed by atoms with Gasteiger partial charge >= 0.3 is 0 Å². The first-order valence-corrected chi connectivity index (χ1v) is 6.88. The maximum absolute atomic E-state index is 6.08. The van der Waals surface area contributed by atoms with Crippen LogP contribution in [0, 0.1) is 0 Å². The minimum Gasteiger partial charge on any atom is -0.390 e. The molecule has 2 aromatic rings. The standard InChI is InChI=1S/C12H13N3OS/c13-10-9(7-2-1-3-8(7)17-10)12-14-11(15-16-12)6-4-5-6/h6H,1-5,13H2. The highest BCUT2D eigenvalue weighted by molar-refractivity contribution is 7.16. The lowest BCUT2D eigenvalue weighted by molar-refractivity contribution is 0.422. The van der Waals surface area contributed by atoms with Crippen molar-refractivity contribution in [3.8, 4) is 11.5 Å². The van der Waals surface area contributed by atoms with Crippen molar-refractivity contribution in [1.82, 2.24) is 10.1 Å². The molecular weight excluding hydrogens is 234 g/mol. The molecule has 0 radical (unpaired) electrons. The van der Waals surface area contributed by atoms with Gasteiger partial charge in [-0.3, -0.25) is 0 Å². The summed E-state index contributed by atoms with van der Waals surface area (Å²) in [7, 11) is 0. The van der Waals surface area contributed by atoms with E-state index in [-0.39, 0.29) is 0 Å². The third-order valence-corrected chi connectivity index (χ3v) is 4.67. The first-order valence-electron chi connectivity index (χ1n) is 6.07. The average molecular weight is 247 g/mol. The third-order valence-electron chi connectivity index (χ3n) is 3.55. The van der Waals surface area contributed by atoms with Crippen molar-refractivity contribution in [3.63, 3.8) is 0 Å². The number of nitrogen functional groups attached to an aromatic ring is 1. The smallest absolute Gasteiger partial charge is 0.261 e. The minimum absolute atomic E-state index is 0.528. The van der Waals surface area contributed by atoms with Gasteiger partial charge in [0.25, 0.3) is 5.89 Å². The summed E-state index contributed by atoms with van der Waals surface area (Å²) in [6.07, 6.45) is 5.85. The van der Waals surface area contributed by atoms with Crippen LogP contribution < -0.4 is 5.73 Å². The summed E-state index contributed by atoms with van der Waals surface area (Å²) >= 11 is 1.68. The predicted molar refractivity (Wildman–Crippen MR) is 66.0 cm³/mol. The van der Waals surface area contributed by atoms with Crippen molar-refractivity contribution in [2.24, 2.45) is 0 Å². The zero-order valence-electron chi connectivity index (χ0n) is 9.40. The van der Waals surface area contributed by atoms with Crippen molar-refractivity contribution < 1.29 is 4.52 Å². The Bertz CT molecular complexity index is 583. The number of aromatic nitrogens is 2. The monoisotopic (exact) mass is 247 g/mol. The molecule has 4 rings (SSSR count). The molecule has 0 spiro atoms. The lowest BCUT2D eigenvalue weighted by Gasteiger charge is -1.96. The van der Waals surface area contributed by atoms with Gasteiger partial charge in [0, 0.05) is 10.8 Å². The Morgan fingerprint density at radius 3 is 3.00 bits per heavy atom. The zero-order chi connectivity index (χ0) is 11.4. The van der Waals surface area contributed by atoms with Gasteiger partial charge in [0.05, 0.1) is 10.6 Å². The number of aryl methyl sites for hydroxylation is 1. The lowest BCUT2D eigenvalue weighted by atomic mass is 10.1. The average Bonchev–Trinajstić information content (AvgIpc) is 2.75. The van der Waals surface area contributed by atoms with Crippen LogP contribution in [0.4, 0.5) is 5.00 Å². The fraction of sp³-hybridized carbons (Fsp3) is 0.500. The van der Waals surface area contributed by atoms with Gasteiger partial charge in [0.2, 0.25) is 0 Å². The van der Waals surface area contributed by atoms with Crippen LogP contribution in [0.5, 0.6) is 0 Å². The molecule has 0 aliphatic heterocycles. The number of fused-ring (bicyclic) bond motifs is 1. The van der Waals surface area contributed by atoms with E-state index in [9.17, 15) is 0 Å². The Morgan fingerprint density at radius 1 is 1.29 bits per heavy atom. The Kier molecular flexibility index (Phi) is 1.88. The van der Waals surface area contributed by atoms with Gasteiger partial charge in [-0.1, -0.05) is 5.16 Å². The molecule has 2 heterocycles. The molecule has 2 N–H and O–H groups in total. The lowest BCUT2D eigenvalue weighted by Crippen LogP contribution is -1.89. The van der Waals surface area contributed by atoms with E-state index in [1.54, 1.807) is 11.3 Å². The van der Waals surface area contributed by atoms with E-state index in [0.29, 0.717) is 11.8 Å². The van der Waals surface area contributed by atoms with Crippen LogP contribution in [0.15, 0.2) is 4.52 Å². The normalized spacial score (nSPS) is 18.6. The molecule has 0 atom stereocenters. The molecule has 0 aromatic carbocycles. The molecule has 1 saturated carbocycles. The van der Waals surface area contributed by atoms with Gasteiger partial charge in [-0.05, 0) is 37.7 Å². The highest BCUT2D eigenvalue weighted by Gasteiger charge is 2.31. The molecule has 88 valence electrons. The van der Waals surface area contributed by atoms with Gasteiger partial charge in [0.1, 0.15) is 0 Å². The number of hydrogen-bond acceptors (Lipinski definition) is 5. The fourth-order valence-corrected chi connectivity index (χ4v) is 3.66. The van der Waals surface area contributed by atoms with Crippen molar-refractivity contribution in [1.29, 1.82) is 0 Å². The van der Waals surface area contributed by atoms with E-state index in [4.69, 9.17) is 10.3 Å². The van der Waals surface area contributed by atoms with Gasteiger partial charge in [0.15, 0.2) is 5.82 Å². The summed E-state index contributed by atoms with van der Waals surface area (Å²) in [4.78, 5) is 5.91. The molecule has 0 bridgehead atoms. The van der Waals surface area contributed by atoms with Crippen LogP contribution in [0.25, 0.3) is 11.5 Å². The van der Waals surface area contributed by atoms with Crippen molar-refractivity contribution in [2.45, 2.75) is 38.0 Å². The Hall–Kier alpha value is -1.36. The maximum Gasteiger partial charge on any atom is 0.261 e. The van der Waals surface area contributed by atoms with Crippen LogP contribution in [0.1, 0.15) is 41.4 Å². The van der Waals surface area contributed by atoms with Crippen LogP contribution in [0.2, 0.25) is 0 Å². The van der Waals surface area contributed by atoms with Crippen LogP contribution in [0.3, 0.4) is 0 Å². The van der Waals surface area contributed by atoms with E-state index < -0.39 is 0 Å². The number of nitrogens with two attached hydrogens (primary N) is 1. The van der Waals surface area contributed by atoms with Crippen molar-refractivity contribution in [3.05, 3.63) is 16.3 Å². The fourth-order valence-electron chi connectivity index (χ4n) is 2.50. The van der Waals surface area contributed by atoms with Crippen molar-refractivity contribution >= 4 is 16.3 Å². The largest absolute Gasteiger partial charge is 0.390 e. The van der Waals surface area contributed by atoms with Gasteiger partial charge in [-0.2, -0.15) is 4.98 Å². The summed E-state index contributed by atoms with van der Waals surface area (Å²) < 4.78 is 5.38. The first-order chi connectivity index (χ1) is 8.33. The number of anilines is 1. The molecule has 0 unspecified atom stereocenters. The van der Waals surface area contributed by atoms with Crippen LogP contribution in [-0.4, -0.2) is 10.1 Å². The van der Waals surface area contributed by atoms with E-state index in [1.807, 2.05) is 0 Å². The second-order valence-electron chi connectivity index (χ2n) is 4.83. The minimum atomic E-state index is 0.528. The summed E-state index contributed by atoms with van der Waals surface area (Å²) in [5.41, 5.74) is 8.44. The van der Waals surface area contributed by atoms with Gasteiger partial charge in [-0.15, -0.1) is 11.3 Å². The van der Waals surface area contributed by atoms with Crippen LogP contribution in [-0.2, 0) is 12.8 Å².